The van der Waals surface area contributed by atoms with Gasteiger partial charge in [0.25, 0.3) is 5.91 Å². The number of hydrogen-bond donors (Lipinski definition) is 3. The number of ether oxygens (including phenoxy) is 4. The van der Waals surface area contributed by atoms with Gasteiger partial charge in [-0.2, -0.15) is 0 Å². The first-order valence-corrected chi connectivity index (χ1v) is 16.1. The fourth-order valence-corrected chi connectivity index (χ4v) is 5.54. The molecule has 0 bridgehead atoms. The molecule has 2 atom stereocenters. The minimum absolute atomic E-state index is 0.0285. The van der Waals surface area contributed by atoms with Crippen molar-refractivity contribution in [1.82, 2.24) is 10.9 Å². The molecule has 3 aromatic carbocycles. The largest absolute Gasteiger partial charge is 0.497 e. The van der Waals surface area contributed by atoms with E-state index in [2.05, 4.69) is 10.9 Å². The lowest BCUT2D eigenvalue weighted by Crippen LogP contribution is -2.53. The molecule has 4 rings (SSSR count). The molecule has 12 heteroatoms. The van der Waals surface area contributed by atoms with Gasteiger partial charge in [0.15, 0.2) is 11.6 Å². The fourth-order valence-electron chi connectivity index (χ4n) is 5.03. The van der Waals surface area contributed by atoms with Crippen molar-refractivity contribution in [3.8, 4) is 11.5 Å². The normalized spacial score (nSPS) is 17.4. The molecular formula is C35H41Cl2N3O7. The molecule has 1 heterocycles. The number of benzene rings is 3. The van der Waals surface area contributed by atoms with Gasteiger partial charge in [-0.3, -0.25) is 15.0 Å². The number of carbonyl (C=O) groups excluding carboxylic acids is 2. The van der Waals surface area contributed by atoms with Crippen LogP contribution in [0.4, 0.5) is 0 Å². The summed E-state index contributed by atoms with van der Waals surface area (Å²) in [6.45, 7) is 6.14. The number of hydrazine groups is 1. The van der Waals surface area contributed by atoms with Crippen molar-refractivity contribution in [3.05, 3.63) is 93.5 Å². The predicted octanol–water partition coefficient (Wildman–Crippen LogP) is 6.01. The van der Waals surface area contributed by atoms with Gasteiger partial charge in [0.2, 0.25) is 5.90 Å². The van der Waals surface area contributed by atoms with Crippen LogP contribution in [0.3, 0.4) is 0 Å². The Morgan fingerprint density at radius 1 is 1.04 bits per heavy atom. The van der Waals surface area contributed by atoms with Gasteiger partial charge in [-0.05, 0) is 87.7 Å². The summed E-state index contributed by atoms with van der Waals surface area (Å²) in [5.74, 6) is 0.544. The lowest BCUT2D eigenvalue weighted by Gasteiger charge is -2.31. The Labute approximate surface area is 285 Å². The van der Waals surface area contributed by atoms with E-state index >= 15 is 0 Å². The number of esters is 1. The third-order valence-corrected chi connectivity index (χ3v) is 7.84. The summed E-state index contributed by atoms with van der Waals surface area (Å²) in [6.07, 6.45) is -0.0592. The van der Waals surface area contributed by atoms with Crippen LogP contribution in [-0.4, -0.2) is 60.9 Å². The van der Waals surface area contributed by atoms with Crippen LogP contribution in [-0.2, 0) is 25.5 Å². The SMILES string of the molecule is COc1cccc(CCNNC(=O)[C@@]2(CCC(=O)OC(C)(C)C)N=C(c3ccc(OCCCO)cc3)O[C@H]2c2ccc(Cl)cc2Cl)c1. The number of aliphatic imine (C=N–C) groups is 1. The van der Waals surface area contributed by atoms with E-state index in [-0.39, 0.29) is 30.4 Å². The highest BCUT2D eigenvalue weighted by Gasteiger charge is 2.54. The summed E-state index contributed by atoms with van der Waals surface area (Å²) in [4.78, 5) is 32.1. The number of carbonyl (C=O) groups is 2. The molecule has 0 aromatic heterocycles. The van der Waals surface area contributed by atoms with Crippen molar-refractivity contribution in [1.29, 1.82) is 0 Å². The molecule has 0 radical (unpaired) electrons. The average molecular weight is 687 g/mol. The van der Waals surface area contributed by atoms with Gasteiger partial charge in [0.05, 0.1) is 13.7 Å². The maximum atomic E-state index is 14.3. The van der Waals surface area contributed by atoms with E-state index in [4.69, 9.17) is 52.2 Å². The number of nitrogens with one attached hydrogen (secondary N) is 2. The van der Waals surface area contributed by atoms with Crippen LogP contribution in [0.5, 0.6) is 11.5 Å². The predicted molar refractivity (Wildman–Crippen MR) is 181 cm³/mol. The molecule has 252 valence electrons. The van der Waals surface area contributed by atoms with Crippen LogP contribution in [0.15, 0.2) is 71.7 Å². The van der Waals surface area contributed by atoms with Gasteiger partial charge in [-0.15, -0.1) is 0 Å². The Morgan fingerprint density at radius 2 is 1.81 bits per heavy atom. The third-order valence-electron chi connectivity index (χ3n) is 7.28. The van der Waals surface area contributed by atoms with Crippen LogP contribution in [0.1, 0.15) is 62.8 Å². The van der Waals surface area contributed by atoms with Crippen LogP contribution in [0.2, 0.25) is 10.0 Å². The van der Waals surface area contributed by atoms with Gasteiger partial charge in [0.1, 0.15) is 17.1 Å². The van der Waals surface area contributed by atoms with Crippen LogP contribution in [0.25, 0.3) is 0 Å². The zero-order valence-electron chi connectivity index (χ0n) is 27.0. The molecule has 3 aromatic rings. The summed E-state index contributed by atoms with van der Waals surface area (Å²) in [5, 5.41) is 9.75. The van der Waals surface area contributed by atoms with Crippen molar-refractivity contribution < 1.29 is 33.6 Å². The van der Waals surface area contributed by atoms with Crippen molar-refractivity contribution >= 4 is 41.0 Å². The van der Waals surface area contributed by atoms with E-state index < -0.39 is 29.1 Å². The Kier molecular flexibility index (Phi) is 12.5. The number of amides is 1. The number of halogens is 2. The smallest absolute Gasteiger partial charge is 0.306 e. The highest BCUT2D eigenvalue weighted by molar-refractivity contribution is 6.35. The standard InChI is InChI=1S/C35H41Cl2N3O7/c1-34(2,3)47-30(42)15-17-35(33(43)40-38-18-16-23-7-5-8-27(21-23)44-4)31(28-14-11-25(36)22-29(28)37)46-32(39-35)24-9-12-26(13-10-24)45-20-6-19-41/h5,7-14,21-22,31,38,41H,6,15-20H2,1-4H3,(H,40,43)/t31-,35-/m0/s1. The molecule has 0 saturated heterocycles. The highest BCUT2D eigenvalue weighted by atomic mass is 35.5. The summed E-state index contributed by atoms with van der Waals surface area (Å²) < 4.78 is 23.0. The molecule has 0 saturated carbocycles. The molecule has 0 unspecified atom stereocenters. The second kappa shape index (κ2) is 16.3. The van der Waals surface area contributed by atoms with Gasteiger partial charge >= 0.3 is 5.97 Å². The monoisotopic (exact) mass is 685 g/mol. The summed E-state index contributed by atoms with van der Waals surface area (Å²) >= 11 is 12.9. The molecule has 1 aliphatic heterocycles. The van der Waals surface area contributed by atoms with E-state index in [1.807, 2.05) is 24.3 Å². The lowest BCUT2D eigenvalue weighted by atomic mass is 9.83. The zero-order chi connectivity index (χ0) is 34.0. The minimum Gasteiger partial charge on any atom is -0.497 e. The highest BCUT2D eigenvalue weighted by Crippen LogP contribution is 2.45. The lowest BCUT2D eigenvalue weighted by molar-refractivity contribution is -0.155. The van der Waals surface area contributed by atoms with Crippen LogP contribution >= 0.6 is 23.2 Å². The van der Waals surface area contributed by atoms with Gasteiger partial charge < -0.3 is 24.1 Å². The van der Waals surface area contributed by atoms with Crippen molar-refractivity contribution in [2.45, 2.75) is 63.7 Å². The maximum absolute atomic E-state index is 14.3. The van der Waals surface area contributed by atoms with Crippen molar-refractivity contribution in [2.75, 3.05) is 26.9 Å². The van der Waals surface area contributed by atoms with Gasteiger partial charge in [0, 0.05) is 47.2 Å². The third kappa shape index (κ3) is 9.84. The summed E-state index contributed by atoms with van der Waals surface area (Å²) in [7, 11) is 1.61. The minimum atomic E-state index is -1.62. The topological polar surface area (TPSA) is 128 Å². The average Bonchev–Trinajstić information content (AvgIpc) is 3.42. The molecule has 0 spiro atoms. The van der Waals surface area contributed by atoms with E-state index in [9.17, 15) is 9.59 Å². The molecule has 3 N–H and O–H groups in total. The number of hydrogen-bond acceptors (Lipinski definition) is 9. The summed E-state index contributed by atoms with van der Waals surface area (Å²) in [5.41, 5.74) is 5.57. The molecule has 0 fully saturated rings. The second-order valence-electron chi connectivity index (χ2n) is 12.0. The van der Waals surface area contributed by atoms with Gasteiger partial charge in [-0.25, -0.2) is 10.4 Å². The first kappa shape index (κ1) is 36.0. The number of aliphatic hydroxyl groups excluding tert-OH is 1. The first-order valence-electron chi connectivity index (χ1n) is 15.4. The number of rotatable bonds is 15. The van der Waals surface area contributed by atoms with E-state index in [0.717, 1.165) is 11.3 Å². The molecule has 47 heavy (non-hydrogen) atoms. The van der Waals surface area contributed by atoms with Crippen molar-refractivity contribution in [2.24, 2.45) is 4.99 Å². The fraction of sp³-hybridized carbons (Fsp3) is 0.400. The molecule has 1 aliphatic rings. The Hall–Kier alpha value is -3.83. The maximum Gasteiger partial charge on any atom is 0.306 e. The zero-order valence-corrected chi connectivity index (χ0v) is 28.5. The van der Waals surface area contributed by atoms with Crippen molar-refractivity contribution in [3.63, 3.8) is 0 Å². The molecule has 1 amide bonds. The number of nitrogens with zero attached hydrogens (tertiary/aromatic N) is 1. The van der Waals surface area contributed by atoms with Crippen LogP contribution in [0, 0.1) is 0 Å². The van der Waals surface area contributed by atoms with Crippen LogP contribution < -0.4 is 20.3 Å². The second-order valence-corrected chi connectivity index (χ2v) is 12.9. The Morgan fingerprint density at radius 3 is 2.49 bits per heavy atom. The Bertz CT molecular complexity index is 1560. The molecule has 0 aliphatic carbocycles. The van der Waals surface area contributed by atoms with E-state index in [0.29, 0.717) is 47.9 Å². The first-order chi connectivity index (χ1) is 22.4. The molecule has 10 nitrogen and oxygen atoms in total. The Balaban J connectivity index is 1.66. The van der Waals surface area contributed by atoms with E-state index in [1.165, 1.54) is 0 Å². The number of methoxy groups -OCH3 is 1. The molecular weight excluding hydrogens is 645 g/mol. The summed E-state index contributed by atoms with van der Waals surface area (Å²) in [6, 6.07) is 19.6. The van der Waals surface area contributed by atoms with E-state index in [1.54, 1.807) is 70.3 Å². The van der Waals surface area contributed by atoms with Gasteiger partial charge in [-0.1, -0.05) is 41.4 Å². The number of aliphatic hydroxyl groups is 1. The quantitative estimate of drug-likeness (QED) is 0.101.